The first-order valence-electron chi connectivity index (χ1n) is 7.36. The van der Waals surface area contributed by atoms with E-state index in [2.05, 4.69) is 45.5 Å². The van der Waals surface area contributed by atoms with E-state index >= 15 is 0 Å². The number of nitrogens with zero attached hydrogens (tertiary/aromatic N) is 5. The summed E-state index contributed by atoms with van der Waals surface area (Å²) in [5.41, 5.74) is 3.05. The molecule has 21 heavy (non-hydrogen) atoms. The molecular weight excluding hydrogens is 264 g/mol. The lowest BCUT2D eigenvalue weighted by atomic mass is 10.0. The first-order valence-corrected chi connectivity index (χ1v) is 7.36. The third-order valence-electron chi connectivity index (χ3n) is 3.48. The summed E-state index contributed by atoms with van der Waals surface area (Å²) in [5.74, 6) is 1.54. The lowest BCUT2D eigenvalue weighted by molar-refractivity contribution is 0.450. The minimum absolute atomic E-state index is 0.161. The monoisotopic (exact) mass is 288 g/mol. The standard InChI is InChI=1S/C15H24N6/c1-10(2)8-21-15(17-9-18-21)7-14(16-5)13-6-11(3)19-20-12(13)4/h6,9-10,14,16H,7-8H2,1-5H3. The fourth-order valence-electron chi connectivity index (χ4n) is 2.42. The summed E-state index contributed by atoms with van der Waals surface area (Å²) in [4.78, 5) is 4.41. The maximum atomic E-state index is 4.41. The molecule has 2 rings (SSSR count). The Balaban J connectivity index is 2.23. The number of rotatable bonds is 6. The predicted molar refractivity (Wildman–Crippen MR) is 81.9 cm³/mol. The Bertz CT molecular complexity index is 590. The number of likely N-dealkylation sites (N-methyl/N-ethyl adjacent to an activating group) is 1. The molecule has 6 nitrogen and oxygen atoms in total. The number of hydrogen-bond donors (Lipinski definition) is 1. The molecule has 0 aromatic carbocycles. The molecule has 0 aliphatic heterocycles. The van der Waals surface area contributed by atoms with Crippen molar-refractivity contribution in [1.82, 2.24) is 30.3 Å². The molecule has 1 N–H and O–H groups in total. The zero-order chi connectivity index (χ0) is 15.4. The Labute approximate surface area is 126 Å². The Morgan fingerprint density at radius 2 is 2.00 bits per heavy atom. The van der Waals surface area contributed by atoms with E-state index in [1.807, 2.05) is 25.6 Å². The van der Waals surface area contributed by atoms with Gasteiger partial charge < -0.3 is 5.32 Å². The Morgan fingerprint density at radius 3 is 2.67 bits per heavy atom. The maximum Gasteiger partial charge on any atom is 0.138 e. The number of aromatic nitrogens is 5. The molecular formula is C15H24N6. The van der Waals surface area contributed by atoms with Gasteiger partial charge in [0.25, 0.3) is 0 Å². The summed E-state index contributed by atoms with van der Waals surface area (Å²) in [6.45, 7) is 9.20. The van der Waals surface area contributed by atoms with Gasteiger partial charge in [-0.3, -0.25) is 0 Å². The van der Waals surface area contributed by atoms with Crippen molar-refractivity contribution in [3.05, 3.63) is 35.2 Å². The van der Waals surface area contributed by atoms with Crippen LogP contribution in [0.5, 0.6) is 0 Å². The fourth-order valence-corrected chi connectivity index (χ4v) is 2.42. The van der Waals surface area contributed by atoms with E-state index in [0.29, 0.717) is 5.92 Å². The zero-order valence-electron chi connectivity index (χ0n) is 13.5. The number of aryl methyl sites for hydroxylation is 2. The lowest BCUT2D eigenvalue weighted by Gasteiger charge is -2.18. The largest absolute Gasteiger partial charge is 0.313 e. The second-order valence-electron chi connectivity index (χ2n) is 5.82. The van der Waals surface area contributed by atoms with Gasteiger partial charge in [0.2, 0.25) is 0 Å². The SMILES string of the molecule is CNC(Cc1ncnn1CC(C)C)c1cc(C)nnc1C. The van der Waals surface area contributed by atoms with Crippen LogP contribution >= 0.6 is 0 Å². The molecule has 0 amide bonds. The van der Waals surface area contributed by atoms with E-state index in [-0.39, 0.29) is 6.04 Å². The van der Waals surface area contributed by atoms with E-state index in [9.17, 15) is 0 Å². The molecule has 0 radical (unpaired) electrons. The van der Waals surface area contributed by atoms with Gasteiger partial charge >= 0.3 is 0 Å². The average Bonchev–Trinajstić information content (AvgIpc) is 2.85. The second-order valence-corrected chi connectivity index (χ2v) is 5.82. The van der Waals surface area contributed by atoms with Crippen molar-refractivity contribution in [1.29, 1.82) is 0 Å². The molecule has 0 aliphatic rings. The van der Waals surface area contributed by atoms with Crippen LogP contribution in [0.1, 0.15) is 42.7 Å². The predicted octanol–water partition coefficient (Wildman–Crippen LogP) is 1.84. The highest BCUT2D eigenvalue weighted by molar-refractivity contribution is 5.24. The topological polar surface area (TPSA) is 68.5 Å². The summed E-state index contributed by atoms with van der Waals surface area (Å²) in [7, 11) is 1.96. The highest BCUT2D eigenvalue weighted by Crippen LogP contribution is 2.20. The van der Waals surface area contributed by atoms with Gasteiger partial charge in [-0.05, 0) is 38.4 Å². The summed E-state index contributed by atoms with van der Waals surface area (Å²) in [6.07, 6.45) is 2.42. The third kappa shape index (κ3) is 3.85. The van der Waals surface area contributed by atoms with Gasteiger partial charge in [-0.25, -0.2) is 9.67 Å². The van der Waals surface area contributed by atoms with E-state index in [1.54, 1.807) is 6.33 Å². The van der Waals surface area contributed by atoms with E-state index in [4.69, 9.17) is 0 Å². The van der Waals surface area contributed by atoms with Crippen LogP contribution in [-0.4, -0.2) is 32.0 Å². The molecule has 6 heteroatoms. The van der Waals surface area contributed by atoms with Crippen LogP contribution < -0.4 is 5.32 Å². The van der Waals surface area contributed by atoms with Crippen LogP contribution in [0, 0.1) is 19.8 Å². The average molecular weight is 288 g/mol. The molecule has 0 aliphatic carbocycles. The van der Waals surface area contributed by atoms with Crippen LogP contribution in [0.2, 0.25) is 0 Å². The number of nitrogens with one attached hydrogen (secondary N) is 1. The normalized spacial score (nSPS) is 12.9. The van der Waals surface area contributed by atoms with Crippen LogP contribution in [-0.2, 0) is 13.0 Å². The summed E-state index contributed by atoms with van der Waals surface area (Å²) in [6, 6.07) is 2.25. The molecule has 0 spiro atoms. The molecule has 2 heterocycles. The van der Waals surface area contributed by atoms with Crippen LogP contribution in [0.3, 0.4) is 0 Å². The minimum Gasteiger partial charge on any atom is -0.313 e. The van der Waals surface area contributed by atoms with E-state index < -0.39 is 0 Å². The first kappa shape index (κ1) is 15.6. The van der Waals surface area contributed by atoms with Crippen molar-refractivity contribution in [3.63, 3.8) is 0 Å². The first-order chi connectivity index (χ1) is 10.0. The maximum absolute atomic E-state index is 4.41. The summed E-state index contributed by atoms with van der Waals surface area (Å²) >= 11 is 0. The van der Waals surface area contributed by atoms with Gasteiger partial charge in [0.05, 0.1) is 11.4 Å². The van der Waals surface area contributed by atoms with Crippen molar-refractivity contribution >= 4 is 0 Å². The molecule has 2 aromatic heterocycles. The zero-order valence-corrected chi connectivity index (χ0v) is 13.5. The van der Waals surface area contributed by atoms with Crippen molar-refractivity contribution in [3.8, 4) is 0 Å². The van der Waals surface area contributed by atoms with Gasteiger partial charge in [-0.15, -0.1) is 0 Å². The fraction of sp³-hybridized carbons (Fsp3) is 0.600. The van der Waals surface area contributed by atoms with Gasteiger partial charge in [0.1, 0.15) is 12.2 Å². The van der Waals surface area contributed by atoms with Gasteiger partial charge in [0, 0.05) is 19.0 Å². The van der Waals surface area contributed by atoms with Crippen molar-refractivity contribution in [2.24, 2.45) is 5.92 Å². The summed E-state index contributed by atoms with van der Waals surface area (Å²) in [5, 5.41) is 16.0. The highest BCUT2D eigenvalue weighted by atomic mass is 15.3. The van der Waals surface area contributed by atoms with Gasteiger partial charge in [0.15, 0.2) is 0 Å². The van der Waals surface area contributed by atoms with Crippen molar-refractivity contribution in [2.75, 3.05) is 7.05 Å². The highest BCUT2D eigenvalue weighted by Gasteiger charge is 2.17. The number of hydrogen-bond acceptors (Lipinski definition) is 5. The molecule has 0 fully saturated rings. The quantitative estimate of drug-likeness (QED) is 0.878. The van der Waals surface area contributed by atoms with Crippen LogP contribution in [0.15, 0.2) is 12.4 Å². The van der Waals surface area contributed by atoms with E-state index in [1.165, 1.54) is 5.56 Å². The minimum atomic E-state index is 0.161. The molecule has 1 atom stereocenters. The molecule has 2 aromatic rings. The third-order valence-corrected chi connectivity index (χ3v) is 3.48. The molecule has 0 saturated carbocycles. The van der Waals surface area contributed by atoms with Crippen LogP contribution in [0.4, 0.5) is 0 Å². The Morgan fingerprint density at radius 1 is 1.24 bits per heavy atom. The van der Waals surface area contributed by atoms with Crippen molar-refractivity contribution < 1.29 is 0 Å². The Hall–Kier alpha value is -1.82. The van der Waals surface area contributed by atoms with Crippen molar-refractivity contribution in [2.45, 2.75) is 46.7 Å². The Kier molecular flexibility index (Phi) is 5.01. The lowest BCUT2D eigenvalue weighted by Crippen LogP contribution is -2.23. The van der Waals surface area contributed by atoms with Gasteiger partial charge in [-0.1, -0.05) is 13.8 Å². The molecule has 1 unspecified atom stereocenters. The molecule has 0 bridgehead atoms. The molecule has 0 saturated heterocycles. The molecule has 114 valence electrons. The summed E-state index contributed by atoms with van der Waals surface area (Å²) < 4.78 is 1.99. The second kappa shape index (κ2) is 6.76. The van der Waals surface area contributed by atoms with Crippen LogP contribution in [0.25, 0.3) is 0 Å². The van der Waals surface area contributed by atoms with E-state index in [0.717, 1.165) is 30.2 Å². The van der Waals surface area contributed by atoms with Gasteiger partial charge in [-0.2, -0.15) is 15.3 Å². The smallest absolute Gasteiger partial charge is 0.138 e.